The van der Waals surface area contributed by atoms with Gasteiger partial charge in [0.15, 0.2) is 0 Å². The van der Waals surface area contributed by atoms with Crippen LogP contribution >= 0.6 is 0 Å². The number of ether oxygens (including phenoxy) is 1. The summed E-state index contributed by atoms with van der Waals surface area (Å²) in [6.07, 6.45) is 1.71. The zero-order valence-electron chi connectivity index (χ0n) is 14.3. The molecule has 0 saturated carbocycles. The lowest BCUT2D eigenvalue weighted by molar-refractivity contribution is -0.120. The van der Waals surface area contributed by atoms with E-state index in [9.17, 15) is 9.59 Å². The van der Waals surface area contributed by atoms with Crippen LogP contribution in [-0.4, -0.2) is 30.1 Å². The van der Waals surface area contributed by atoms with Gasteiger partial charge in [-0.3, -0.25) is 4.79 Å². The minimum Gasteiger partial charge on any atom is -0.494 e. The number of carboxylic acids is 1. The number of nitrogens with one attached hydrogen (secondary N) is 1. The predicted molar refractivity (Wildman–Crippen MR) is 96.0 cm³/mol. The number of benzene rings is 2. The molecule has 0 heterocycles. The van der Waals surface area contributed by atoms with E-state index in [4.69, 9.17) is 9.84 Å². The maximum absolute atomic E-state index is 11.9. The fourth-order valence-corrected chi connectivity index (χ4v) is 2.40. The van der Waals surface area contributed by atoms with Gasteiger partial charge in [-0.15, -0.1) is 0 Å². The van der Waals surface area contributed by atoms with Gasteiger partial charge in [0.1, 0.15) is 5.75 Å². The molecule has 0 bridgehead atoms. The molecular weight excluding hydrogens is 318 g/mol. The number of carboxylic acid groups (broad SMARTS) is 1. The van der Waals surface area contributed by atoms with Crippen molar-refractivity contribution < 1.29 is 19.4 Å². The fourth-order valence-electron chi connectivity index (χ4n) is 2.40. The number of amides is 1. The van der Waals surface area contributed by atoms with Gasteiger partial charge in [0.2, 0.25) is 5.91 Å². The molecule has 0 aromatic heterocycles. The average Bonchev–Trinajstić information content (AvgIpc) is 2.60. The quantitative estimate of drug-likeness (QED) is 0.687. The van der Waals surface area contributed by atoms with Gasteiger partial charge >= 0.3 is 5.97 Å². The normalized spacial score (nSPS) is 10.3. The van der Waals surface area contributed by atoms with Gasteiger partial charge in [0, 0.05) is 6.54 Å². The third-order valence-electron chi connectivity index (χ3n) is 3.78. The number of hydrogen-bond acceptors (Lipinski definition) is 3. The smallest absolute Gasteiger partial charge is 0.335 e. The van der Waals surface area contributed by atoms with Gasteiger partial charge in [-0.25, -0.2) is 4.79 Å². The Balaban J connectivity index is 1.64. The lowest BCUT2D eigenvalue weighted by Crippen LogP contribution is -2.27. The van der Waals surface area contributed by atoms with Crippen molar-refractivity contribution in [3.63, 3.8) is 0 Å². The van der Waals surface area contributed by atoms with E-state index in [2.05, 4.69) is 5.32 Å². The van der Waals surface area contributed by atoms with Gasteiger partial charge in [-0.05, 0) is 43.5 Å². The Morgan fingerprint density at radius 2 is 1.76 bits per heavy atom. The molecule has 0 atom stereocenters. The lowest BCUT2D eigenvalue weighted by Gasteiger charge is -2.08. The summed E-state index contributed by atoms with van der Waals surface area (Å²) in [6.45, 7) is 3.17. The third-order valence-corrected chi connectivity index (χ3v) is 3.78. The number of unbranched alkanes of at least 4 members (excludes halogenated alkanes) is 1. The molecule has 2 N–H and O–H groups in total. The Hall–Kier alpha value is -2.82. The maximum Gasteiger partial charge on any atom is 0.335 e. The molecule has 5 heteroatoms. The molecule has 2 rings (SSSR count). The van der Waals surface area contributed by atoms with Crippen molar-refractivity contribution in [2.24, 2.45) is 0 Å². The summed E-state index contributed by atoms with van der Waals surface area (Å²) < 4.78 is 5.63. The van der Waals surface area contributed by atoms with Crippen LogP contribution in [0.2, 0.25) is 0 Å². The van der Waals surface area contributed by atoms with Crippen LogP contribution < -0.4 is 10.1 Å². The van der Waals surface area contributed by atoms with Crippen molar-refractivity contribution in [2.45, 2.75) is 26.2 Å². The summed E-state index contributed by atoms with van der Waals surface area (Å²) in [4.78, 5) is 23.1. The van der Waals surface area contributed by atoms with Crippen LogP contribution in [0.15, 0.2) is 48.5 Å². The number of aromatic carboxylic acids is 1. The van der Waals surface area contributed by atoms with Crippen LogP contribution in [0, 0.1) is 6.92 Å². The first-order chi connectivity index (χ1) is 12.1. The van der Waals surface area contributed by atoms with Crippen molar-refractivity contribution in [3.05, 3.63) is 65.2 Å². The van der Waals surface area contributed by atoms with Gasteiger partial charge in [-0.2, -0.15) is 0 Å². The highest BCUT2D eigenvalue weighted by molar-refractivity contribution is 5.91. The summed E-state index contributed by atoms with van der Waals surface area (Å²) >= 11 is 0. The van der Waals surface area contributed by atoms with Crippen LogP contribution in [0.4, 0.5) is 0 Å². The highest BCUT2D eigenvalue weighted by Crippen LogP contribution is 2.12. The third kappa shape index (κ3) is 6.30. The first kappa shape index (κ1) is 18.5. The second-order valence-corrected chi connectivity index (χ2v) is 5.86. The Bertz CT molecular complexity index is 710. The van der Waals surface area contributed by atoms with Crippen LogP contribution in [0.25, 0.3) is 0 Å². The van der Waals surface area contributed by atoms with Crippen LogP contribution in [0.5, 0.6) is 5.75 Å². The van der Waals surface area contributed by atoms with Crippen molar-refractivity contribution in [2.75, 3.05) is 13.2 Å². The van der Waals surface area contributed by atoms with E-state index in [0.717, 1.165) is 18.6 Å². The molecule has 2 aromatic carbocycles. The van der Waals surface area contributed by atoms with E-state index < -0.39 is 5.97 Å². The molecule has 0 aliphatic heterocycles. The Kier molecular flexibility index (Phi) is 7.01. The van der Waals surface area contributed by atoms with Crippen molar-refractivity contribution in [1.82, 2.24) is 5.32 Å². The number of carbonyl (C=O) groups is 2. The standard InChI is InChI=1S/C20H23NO4/c1-15-8-10-17(11-9-15)25-13-5-4-12-21-19(22)14-16-6-2-3-7-18(16)20(23)24/h2-3,6-11H,4-5,12-14H2,1H3,(H,21,22)(H,23,24). The van der Waals surface area contributed by atoms with Gasteiger partial charge < -0.3 is 15.2 Å². The largest absolute Gasteiger partial charge is 0.494 e. The molecule has 5 nitrogen and oxygen atoms in total. The van der Waals surface area contributed by atoms with E-state index in [1.807, 2.05) is 31.2 Å². The molecule has 0 saturated heterocycles. The summed E-state index contributed by atoms with van der Waals surface area (Å²) in [7, 11) is 0. The van der Waals surface area contributed by atoms with Crippen LogP contribution in [-0.2, 0) is 11.2 Å². The van der Waals surface area contributed by atoms with E-state index in [1.54, 1.807) is 18.2 Å². The van der Waals surface area contributed by atoms with E-state index >= 15 is 0 Å². The monoisotopic (exact) mass is 341 g/mol. The SMILES string of the molecule is Cc1ccc(OCCCCNC(=O)Cc2ccccc2C(=O)O)cc1. The fraction of sp³-hybridized carbons (Fsp3) is 0.300. The number of rotatable bonds is 9. The molecule has 132 valence electrons. The number of hydrogen-bond donors (Lipinski definition) is 2. The zero-order chi connectivity index (χ0) is 18.1. The highest BCUT2D eigenvalue weighted by atomic mass is 16.5. The van der Waals surface area contributed by atoms with Crippen LogP contribution in [0.3, 0.4) is 0 Å². The molecule has 2 aromatic rings. The number of carbonyl (C=O) groups excluding carboxylic acids is 1. The summed E-state index contributed by atoms with van der Waals surface area (Å²) in [5.41, 5.74) is 1.89. The van der Waals surface area contributed by atoms with Crippen molar-refractivity contribution in [1.29, 1.82) is 0 Å². The molecule has 25 heavy (non-hydrogen) atoms. The Morgan fingerprint density at radius 1 is 1.04 bits per heavy atom. The molecule has 0 aliphatic rings. The van der Waals surface area contributed by atoms with Gasteiger partial charge in [0.05, 0.1) is 18.6 Å². The summed E-state index contributed by atoms with van der Waals surface area (Å²) in [5, 5.41) is 11.9. The van der Waals surface area contributed by atoms with Crippen LogP contribution in [0.1, 0.15) is 34.3 Å². The first-order valence-electron chi connectivity index (χ1n) is 8.33. The highest BCUT2D eigenvalue weighted by Gasteiger charge is 2.11. The topological polar surface area (TPSA) is 75.6 Å². The molecular formula is C20H23NO4. The average molecular weight is 341 g/mol. The Labute approximate surface area is 147 Å². The minimum atomic E-state index is -1.02. The zero-order valence-corrected chi connectivity index (χ0v) is 14.3. The predicted octanol–water partition coefficient (Wildman–Crippen LogP) is 3.21. The molecule has 0 spiro atoms. The Morgan fingerprint density at radius 3 is 2.48 bits per heavy atom. The van der Waals surface area contributed by atoms with Crippen molar-refractivity contribution >= 4 is 11.9 Å². The summed E-state index contributed by atoms with van der Waals surface area (Å²) in [5.74, 6) is -0.343. The van der Waals surface area contributed by atoms with E-state index in [0.29, 0.717) is 18.7 Å². The second-order valence-electron chi connectivity index (χ2n) is 5.86. The molecule has 1 amide bonds. The lowest BCUT2D eigenvalue weighted by atomic mass is 10.0. The van der Waals surface area contributed by atoms with Crippen molar-refractivity contribution in [3.8, 4) is 5.75 Å². The number of aryl methyl sites for hydroxylation is 1. The molecule has 0 radical (unpaired) electrons. The minimum absolute atomic E-state index is 0.0718. The molecule has 0 unspecified atom stereocenters. The van der Waals surface area contributed by atoms with Gasteiger partial charge in [-0.1, -0.05) is 35.9 Å². The first-order valence-corrected chi connectivity index (χ1v) is 8.33. The molecule has 0 aliphatic carbocycles. The van der Waals surface area contributed by atoms with E-state index in [1.165, 1.54) is 11.6 Å². The van der Waals surface area contributed by atoms with E-state index in [-0.39, 0.29) is 17.9 Å². The van der Waals surface area contributed by atoms with Gasteiger partial charge in [0.25, 0.3) is 0 Å². The second kappa shape index (κ2) is 9.47. The maximum atomic E-state index is 11.9. The summed E-state index contributed by atoms with van der Waals surface area (Å²) in [6, 6.07) is 14.4. The molecule has 0 fully saturated rings.